The number of benzene rings is 1. The monoisotopic (exact) mass is 368 g/mol. The Morgan fingerprint density at radius 2 is 1.93 bits per heavy atom. The molecule has 0 radical (unpaired) electrons. The smallest absolute Gasteiger partial charge is 0.374 e. The summed E-state index contributed by atoms with van der Waals surface area (Å²) in [7, 11) is 1.29. The second-order valence-corrected chi connectivity index (χ2v) is 6.79. The summed E-state index contributed by atoms with van der Waals surface area (Å²) in [5.74, 6) is -0.413. The lowest BCUT2D eigenvalue weighted by Gasteiger charge is -2.03. The normalized spacial score (nSPS) is 13.0. The molecule has 0 fully saturated rings. The summed E-state index contributed by atoms with van der Waals surface area (Å²) in [6.45, 7) is 1.69. The third-order valence-electron chi connectivity index (χ3n) is 4.92. The fourth-order valence-electron chi connectivity index (χ4n) is 3.56. The van der Waals surface area contributed by atoms with Crippen LogP contribution in [0.15, 0.2) is 33.3 Å². The Balaban J connectivity index is 1.43. The molecule has 0 unspecified atom stereocenters. The first kappa shape index (κ1) is 17.4. The maximum Gasteiger partial charge on any atom is 0.374 e. The van der Waals surface area contributed by atoms with Gasteiger partial charge in [-0.15, -0.1) is 0 Å². The number of furan rings is 2. The fraction of sp³-hybridized carbons (Fsp3) is 0.333. The lowest BCUT2D eigenvalue weighted by Crippen LogP contribution is -2.07. The highest BCUT2D eigenvalue weighted by molar-refractivity contribution is 5.88. The molecule has 4 rings (SSSR count). The highest BCUT2D eigenvalue weighted by atomic mass is 16.5. The summed E-state index contributed by atoms with van der Waals surface area (Å²) >= 11 is 0. The van der Waals surface area contributed by atoms with Gasteiger partial charge in [0.2, 0.25) is 5.76 Å². The Morgan fingerprint density at radius 3 is 2.70 bits per heavy atom. The van der Waals surface area contributed by atoms with Crippen LogP contribution in [0.2, 0.25) is 0 Å². The van der Waals surface area contributed by atoms with E-state index in [1.807, 2.05) is 0 Å². The molecule has 0 saturated heterocycles. The predicted molar refractivity (Wildman–Crippen MR) is 96.5 cm³/mol. The van der Waals surface area contributed by atoms with Gasteiger partial charge >= 0.3 is 11.9 Å². The van der Waals surface area contributed by atoms with Crippen molar-refractivity contribution in [1.29, 1.82) is 0 Å². The molecule has 140 valence electrons. The third kappa shape index (κ3) is 3.35. The van der Waals surface area contributed by atoms with Crippen molar-refractivity contribution in [2.24, 2.45) is 0 Å². The van der Waals surface area contributed by atoms with Gasteiger partial charge in [0.25, 0.3) is 0 Å². The molecule has 0 amide bonds. The minimum atomic E-state index is -0.553. The number of esters is 2. The summed E-state index contributed by atoms with van der Waals surface area (Å²) in [5.41, 5.74) is 4.93. The van der Waals surface area contributed by atoms with Crippen LogP contribution >= 0.6 is 0 Å². The van der Waals surface area contributed by atoms with E-state index in [1.165, 1.54) is 18.2 Å². The minimum Gasteiger partial charge on any atom is -0.464 e. The largest absolute Gasteiger partial charge is 0.464 e. The SMILES string of the molecule is COC(=O)c1oc(COC(=O)Cc2coc3cc4c(cc23)CCC4)cc1C. The number of methoxy groups -OCH3 is 1. The van der Waals surface area contributed by atoms with Crippen molar-refractivity contribution in [2.45, 2.75) is 39.2 Å². The fourth-order valence-corrected chi connectivity index (χ4v) is 3.56. The second-order valence-electron chi connectivity index (χ2n) is 6.79. The van der Waals surface area contributed by atoms with Gasteiger partial charge in [0.15, 0.2) is 0 Å². The molecule has 1 aromatic carbocycles. The predicted octanol–water partition coefficient (Wildman–Crippen LogP) is 3.90. The molecule has 27 heavy (non-hydrogen) atoms. The lowest BCUT2D eigenvalue weighted by molar-refractivity contribution is -0.144. The van der Waals surface area contributed by atoms with Crippen LogP contribution in [0.25, 0.3) is 11.0 Å². The minimum absolute atomic E-state index is 0.0398. The van der Waals surface area contributed by atoms with Crippen LogP contribution in [-0.2, 0) is 40.1 Å². The Labute approximate surface area is 156 Å². The van der Waals surface area contributed by atoms with Crippen molar-refractivity contribution in [2.75, 3.05) is 7.11 Å². The van der Waals surface area contributed by atoms with Gasteiger partial charge in [0.05, 0.1) is 19.8 Å². The van der Waals surface area contributed by atoms with Gasteiger partial charge < -0.3 is 18.3 Å². The number of hydrogen-bond acceptors (Lipinski definition) is 6. The first-order chi connectivity index (χ1) is 13.0. The van der Waals surface area contributed by atoms with Crippen LogP contribution in [0.4, 0.5) is 0 Å². The van der Waals surface area contributed by atoms with Gasteiger partial charge in [-0.25, -0.2) is 4.79 Å². The number of fused-ring (bicyclic) bond motifs is 2. The first-order valence-corrected chi connectivity index (χ1v) is 8.90. The number of ether oxygens (including phenoxy) is 2. The van der Waals surface area contributed by atoms with Gasteiger partial charge in [-0.1, -0.05) is 0 Å². The molecule has 1 aliphatic rings. The molecule has 6 heteroatoms. The van der Waals surface area contributed by atoms with Crippen LogP contribution in [0.3, 0.4) is 0 Å². The van der Waals surface area contributed by atoms with Crippen LogP contribution in [0, 0.1) is 6.92 Å². The molecule has 6 nitrogen and oxygen atoms in total. The van der Waals surface area contributed by atoms with Gasteiger partial charge in [-0.2, -0.15) is 0 Å². The zero-order valence-electron chi connectivity index (χ0n) is 15.3. The Hall–Kier alpha value is -3.02. The molecule has 0 atom stereocenters. The van der Waals surface area contributed by atoms with Crippen molar-refractivity contribution in [3.8, 4) is 0 Å². The maximum absolute atomic E-state index is 12.2. The zero-order chi connectivity index (χ0) is 19.0. The second kappa shape index (κ2) is 6.95. The Kier molecular flexibility index (Phi) is 4.48. The van der Waals surface area contributed by atoms with Crippen molar-refractivity contribution in [3.63, 3.8) is 0 Å². The zero-order valence-corrected chi connectivity index (χ0v) is 15.3. The molecule has 2 heterocycles. The maximum atomic E-state index is 12.2. The van der Waals surface area contributed by atoms with Crippen LogP contribution in [0.5, 0.6) is 0 Å². The van der Waals surface area contributed by atoms with Crippen molar-refractivity contribution in [3.05, 3.63) is 58.2 Å². The number of hydrogen-bond donors (Lipinski definition) is 0. The summed E-state index contributed by atoms with van der Waals surface area (Å²) in [6.07, 6.45) is 5.05. The average Bonchev–Trinajstić information content (AvgIpc) is 3.36. The quantitative estimate of drug-likeness (QED) is 0.636. The van der Waals surface area contributed by atoms with Gasteiger partial charge in [0, 0.05) is 16.5 Å². The average molecular weight is 368 g/mol. The number of carbonyl (C=O) groups is 2. The van der Waals surface area contributed by atoms with Gasteiger partial charge in [-0.3, -0.25) is 4.79 Å². The number of aryl methyl sites for hydroxylation is 3. The van der Waals surface area contributed by atoms with Crippen LogP contribution in [0.1, 0.15) is 45.0 Å². The summed E-state index contributed by atoms with van der Waals surface area (Å²) in [4.78, 5) is 23.8. The third-order valence-corrected chi connectivity index (χ3v) is 4.92. The van der Waals surface area contributed by atoms with E-state index >= 15 is 0 Å². The van der Waals surface area contributed by atoms with E-state index in [2.05, 4.69) is 16.9 Å². The molecule has 0 spiro atoms. The molecule has 0 aliphatic heterocycles. The van der Waals surface area contributed by atoms with E-state index in [0.29, 0.717) is 11.3 Å². The van der Waals surface area contributed by atoms with E-state index in [9.17, 15) is 9.59 Å². The Bertz CT molecular complexity index is 1020. The first-order valence-electron chi connectivity index (χ1n) is 8.90. The lowest BCUT2D eigenvalue weighted by atomic mass is 10.0. The van der Waals surface area contributed by atoms with Gasteiger partial charge in [-0.05, 0) is 55.5 Å². The van der Waals surface area contributed by atoms with Gasteiger partial charge in [0.1, 0.15) is 18.0 Å². The molecule has 2 aromatic heterocycles. The topological polar surface area (TPSA) is 78.9 Å². The van der Waals surface area contributed by atoms with Crippen molar-refractivity contribution < 1.29 is 27.9 Å². The van der Waals surface area contributed by atoms with E-state index in [1.54, 1.807) is 19.3 Å². The van der Waals surface area contributed by atoms with Crippen molar-refractivity contribution in [1.82, 2.24) is 0 Å². The molecule has 0 saturated carbocycles. The van der Waals surface area contributed by atoms with Crippen molar-refractivity contribution >= 4 is 22.9 Å². The van der Waals surface area contributed by atoms with E-state index in [-0.39, 0.29) is 24.8 Å². The highest BCUT2D eigenvalue weighted by Gasteiger charge is 2.19. The molecule has 3 aromatic rings. The summed E-state index contributed by atoms with van der Waals surface area (Å²) < 4.78 is 21.0. The molecular weight excluding hydrogens is 348 g/mol. The molecular formula is C21H20O6. The van der Waals surface area contributed by atoms with E-state index < -0.39 is 5.97 Å². The summed E-state index contributed by atoms with van der Waals surface area (Å²) in [6, 6.07) is 5.87. The van der Waals surface area contributed by atoms with Crippen LogP contribution < -0.4 is 0 Å². The summed E-state index contributed by atoms with van der Waals surface area (Å²) in [5, 5.41) is 0.967. The highest BCUT2D eigenvalue weighted by Crippen LogP contribution is 2.30. The standard InChI is InChI=1S/C21H20O6/c1-12-6-16(27-20(12)21(23)24-2)11-26-19(22)9-15-10-25-18-8-14-5-3-4-13(14)7-17(15)18/h6-8,10H,3-5,9,11H2,1-2H3. The molecule has 1 aliphatic carbocycles. The number of carbonyl (C=O) groups excluding carboxylic acids is 2. The van der Waals surface area contributed by atoms with E-state index in [0.717, 1.165) is 35.8 Å². The molecule has 0 bridgehead atoms. The molecule has 0 N–H and O–H groups in total. The number of rotatable bonds is 5. The van der Waals surface area contributed by atoms with Crippen LogP contribution in [-0.4, -0.2) is 19.0 Å². The Morgan fingerprint density at radius 1 is 1.15 bits per heavy atom. The van der Waals surface area contributed by atoms with E-state index in [4.69, 9.17) is 13.6 Å².